The zero-order valence-corrected chi connectivity index (χ0v) is 23.9. The van der Waals surface area contributed by atoms with E-state index in [9.17, 15) is 24.6 Å². The third-order valence-corrected chi connectivity index (χ3v) is 9.48. The lowest BCUT2D eigenvalue weighted by Gasteiger charge is -2.65. The van der Waals surface area contributed by atoms with Gasteiger partial charge in [0.05, 0.1) is 17.2 Å². The molecular formula is C33H35NO8. The Hall–Kier alpha value is -4.08. The van der Waals surface area contributed by atoms with Crippen LogP contribution in [0.25, 0.3) is 0 Å². The molecule has 7 atom stereocenters. The minimum Gasteiger partial charge on any atom is -0.458 e. The summed E-state index contributed by atoms with van der Waals surface area (Å²) in [5.74, 6) is -2.31. The minimum absolute atomic E-state index is 0.0959. The minimum atomic E-state index is -1.80. The Morgan fingerprint density at radius 2 is 1.69 bits per heavy atom. The van der Waals surface area contributed by atoms with Gasteiger partial charge in [0.2, 0.25) is 0 Å². The highest BCUT2D eigenvalue weighted by Crippen LogP contribution is 2.64. The van der Waals surface area contributed by atoms with Gasteiger partial charge in [-0.3, -0.25) is 4.98 Å². The molecule has 3 aliphatic rings. The zero-order chi connectivity index (χ0) is 30.3. The molecular weight excluding hydrogens is 538 g/mol. The standard InChI is InChI=1S/C33H35NO8/c1-20-24(35)12-13-25-31(2,15-14-21-17-26(36)40-19-21)33(4,39)28(42-29(37)22-9-6-5-7-10-22)27(32(20,25)3)41-30(38)23-11-8-16-34-18-23/h5-11,14-18,24-25,27-28,35,39H,1,12-13,19H2,2-4H3. The lowest BCUT2D eigenvalue weighted by atomic mass is 9.43. The Balaban J connectivity index is 1.66. The Kier molecular flexibility index (Phi) is 7.68. The topological polar surface area (TPSA) is 132 Å². The molecule has 1 aromatic heterocycles. The van der Waals surface area contributed by atoms with Crippen molar-refractivity contribution in [3.8, 4) is 0 Å². The quantitative estimate of drug-likeness (QED) is 0.299. The predicted molar refractivity (Wildman–Crippen MR) is 152 cm³/mol. The van der Waals surface area contributed by atoms with Crippen LogP contribution in [0, 0.1) is 16.7 Å². The van der Waals surface area contributed by atoms with Crippen LogP contribution in [0.1, 0.15) is 54.3 Å². The van der Waals surface area contributed by atoms with Crippen LogP contribution in [0.3, 0.4) is 0 Å². The van der Waals surface area contributed by atoms with E-state index in [4.69, 9.17) is 14.2 Å². The van der Waals surface area contributed by atoms with Gasteiger partial charge in [-0.1, -0.05) is 50.8 Å². The highest BCUT2D eigenvalue weighted by molar-refractivity contribution is 5.90. The van der Waals surface area contributed by atoms with E-state index in [0.29, 0.717) is 24.0 Å². The maximum atomic E-state index is 13.5. The number of nitrogens with zero attached hydrogens (tertiary/aromatic N) is 1. The number of hydrogen-bond acceptors (Lipinski definition) is 9. The van der Waals surface area contributed by atoms with Crippen molar-refractivity contribution in [3.05, 3.63) is 102 Å². The fourth-order valence-corrected chi connectivity index (χ4v) is 6.79. The van der Waals surface area contributed by atoms with Crippen LogP contribution in [-0.2, 0) is 19.0 Å². The maximum Gasteiger partial charge on any atom is 0.340 e. The average Bonchev–Trinajstić information content (AvgIpc) is 3.41. The molecule has 2 heterocycles. The molecule has 2 aliphatic carbocycles. The first-order valence-corrected chi connectivity index (χ1v) is 13.9. The number of carbonyl (C=O) groups excluding carboxylic acids is 3. The van der Waals surface area contributed by atoms with Crippen molar-refractivity contribution >= 4 is 17.9 Å². The summed E-state index contributed by atoms with van der Waals surface area (Å²) in [6.07, 6.45) is 5.11. The molecule has 9 nitrogen and oxygen atoms in total. The number of ether oxygens (including phenoxy) is 3. The summed E-state index contributed by atoms with van der Waals surface area (Å²) in [6, 6.07) is 11.5. The summed E-state index contributed by atoms with van der Waals surface area (Å²) in [5, 5.41) is 23.5. The largest absolute Gasteiger partial charge is 0.458 e. The Bertz CT molecular complexity index is 1450. The molecule has 42 heavy (non-hydrogen) atoms. The van der Waals surface area contributed by atoms with E-state index in [1.54, 1.807) is 61.5 Å². The highest BCUT2D eigenvalue weighted by Gasteiger charge is 2.71. The molecule has 0 bridgehead atoms. The van der Waals surface area contributed by atoms with E-state index in [0.717, 1.165) is 0 Å². The van der Waals surface area contributed by atoms with Crippen LogP contribution in [-0.4, -0.2) is 63.6 Å². The molecule has 0 radical (unpaired) electrons. The number of benzene rings is 1. The molecule has 0 amide bonds. The van der Waals surface area contributed by atoms with E-state index >= 15 is 0 Å². The van der Waals surface area contributed by atoms with Gasteiger partial charge >= 0.3 is 17.9 Å². The number of aliphatic hydroxyl groups is 2. The number of aromatic nitrogens is 1. The van der Waals surface area contributed by atoms with Gasteiger partial charge in [0.25, 0.3) is 0 Å². The molecule has 2 saturated carbocycles. The Labute approximate surface area is 244 Å². The van der Waals surface area contributed by atoms with Gasteiger partial charge in [0, 0.05) is 29.3 Å². The second-order valence-corrected chi connectivity index (χ2v) is 11.8. The van der Waals surface area contributed by atoms with Gasteiger partial charge in [-0.25, -0.2) is 14.4 Å². The third kappa shape index (κ3) is 4.86. The SMILES string of the molecule is C=C1C(O)CCC2C1(C)C(OC(=O)c1cccnc1)C(OC(=O)c1ccccc1)C(C)(O)C2(C)C=CC1=CC(=O)OC1. The van der Waals surface area contributed by atoms with E-state index < -0.39 is 58.6 Å². The summed E-state index contributed by atoms with van der Waals surface area (Å²) in [5.41, 5.74) is -2.59. The van der Waals surface area contributed by atoms with Crippen molar-refractivity contribution < 1.29 is 38.8 Å². The second kappa shape index (κ2) is 11.0. The number of aliphatic hydroxyl groups excluding tert-OH is 1. The van der Waals surface area contributed by atoms with Crippen LogP contribution < -0.4 is 0 Å². The number of cyclic esters (lactones) is 1. The van der Waals surface area contributed by atoms with E-state index in [2.05, 4.69) is 11.6 Å². The number of rotatable bonds is 6. The van der Waals surface area contributed by atoms with Crippen molar-refractivity contribution in [2.45, 2.75) is 57.5 Å². The van der Waals surface area contributed by atoms with Crippen LogP contribution in [0.2, 0.25) is 0 Å². The summed E-state index contributed by atoms with van der Waals surface area (Å²) in [4.78, 5) is 42.7. The molecule has 9 heteroatoms. The van der Waals surface area contributed by atoms with Crippen molar-refractivity contribution in [2.24, 2.45) is 16.7 Å². The molecule has 1 aliphatic heterocycles. The molecule has 1 aromatic carbocycles. The monoisotopic (exact) mass is 573 g/mol. The molecule has 2 N–H and O–H groups in total. The lowest BCUT2D eigenvalue weighted by molar-refractivity contribution is -0.256. The number of esters is 3. The smallest absolute Gasteiger partial charge is 0.340 e. The predicted octanol–water partition coefficient (Wildman–Crippen LogP) is 3.98. The lowest BCUT2D eigenvalue weighted by Crippen LogP contribution is -2.73. The van der Waals surface area contributed by atoms with Gasteiger partial charge < -0.3 is 24.4 Å². The number of hydrogen-bond donors (Lipinski definition) is 2. The summed E-state index contributed by atoms with van der Waals surface area (Å²) < 4.78 is 17.3. The summed E-state index contributed by atoms with van der Waals surface area (Å²) in [6.45, 7) is 9.57. The Morgan fingerprint density at radius 1 is 1.02 bits per heavy atom. The number of carbonyl (C=O) groups is 3. The molecule has 2 fully saturated rings. The normalized spacial score (nSPS) is 34.4. The zero-order valence-electron chi connectivity index (χ0n) is 23.9. The number of pyridine rings is 1. The first-order chi connectivity index (χ1) is 19.9. The van der Waals surface area contributed by atoms with Crippen LogP contribution in [0.15, 0.2) is 90.8 Å². The molecule has 0 spiro atoms. The average molecular weight is 574 g/mol. The van der Waals surface area contributed by atoms with Crippen LogP contribution in [0.5, 0.6) is 0 Å². The second-order valence-electron chi connectivity index (χ2n) is 11.8. The van der Waals surface area contributed by atoms with Gasteiger partial charge in [-0.2, -0.15) is 0 Å². The molecule has 7 unspecified atom stereocenters. The van der Waals surface area contributed by atoms with E-state index in [-0.39, 0.29) is 17.7 Å². The van der Waals surface area contributed by atoms with Crippen molar-refractivity contribution in [2.75, 3.05) is 6.61 Å². The van der Waals surface area contributed by atoms with Crippen LogP contribution >= 0.6 is 0 Å². The highest BCUT2D eigenvalue weighted by atomic mass is 16.6. The third-order valence-electron chi connectivity index (χ3n) is 9.48. The number of fused-ring (bicyclic) bond motifs is 1. The van der Waals surface area contributed by atoms with Gasteiger partial charge in [0.15, 0.2) is 12.2 Å². The first-order valence-electron chi connectivity index (χ1n) is 13.9. The molecule has 220 valence electrons. The summed E-state index contributed by atoms with van der Waals surface area (Å²) in [7, 11) is 0. The fraction of sp³-hybridized carbons (Fsp3) is 0.394. The van der Waals surface area contributed by atoms with E-state index in [1.165, 1.54) is 18.5 Å². The first kappa shape index (κ1) is 29.4. The van der Waals surface area contributed by atoms with E-state index in [1.807, 2.05) is 13.8 Å². The van der Waals surface area contributed by atoms with Gasteiger partial charge in [0.1, 0.15) is 12.2 Å². The van der Waals surface area contributed by atoms with Crippen LogP contribution in [0.4, 0.5) is 0 Å². The van der Waals surface area contributed by atoms with Gasteiger partial charge in [-0.05, 0) is 61.1 Å². The molecule has 2 aromatic rings. The van der Waals surface area contributed by atoms with Crippen molar-refractivity contribution in [1.29, 1.82) is 0 Å². The Morgan fingerprint density at radius 3 is 2.33 bits per heavy atom. The summed E-state index contributed by atoms with van der Waals surface area (Å²) >= 11 is 0. The van der Waals surface area contributed by atoms with Crippen molar-refractivity contribution in [1.82, 2.24) is 4.98 Å². The van der Waals surface area contributed by atoms with Crippen molar-refractivity contribution in [3.63, 3.8) is 0 Å². The maximum absolute atomic E-state index is 13.5. The molecule has 5 rings (SSSR count). The molecule has 0 saturated heterocycles. The van der Waals surface area contributed by atoms with Gasteiger partial charge in [-0.15, -0.1) is 0 Å². The fourth-order valence-electron chi connectivity index (χ4n) is 6.79.